The van der Waals surface area contributed by atoms with Crippen molar-refractivity contribution < 1.29 is 32.6 Å². The molecule has 3 aromatic carbocycles. The lowest BCUT2D eigenvalue weighted by Gasteiger charge is -2.27. The van der Waals surface area contributed by atoms with Gasteiger partial charge in [-0.25, -0.2) is 8.78 Å². The Morgan fingerprint density at radius 2 is 1.89 bits per heavy atom. The number of rotatable bonds is 6. The average molecular weight is 510 g/mol. The van der Waals surface area contributed by atoms with Crippen molar-refractivity contribution in [2.45, 2.75) is 13.0 Å². The van der Waals surface area contributed by atoms with Crippen LogP contribution < -0.4 is 9.64 Å². The van der Waals surface area contributed by atoms with Gasteiger partial charge in [-0.1, -0.05) is 23.7 Å². The van der Waals surface area contributed by atoms with Crippen LogP contribution in [0, 0.1) is 11.6 Å². The lowest BCUT2D eigenvalue weighted by atomic mass is 9.94. The molecule has 0 fully saturated rings. The first-order chi connectivity index (χ1) is 17.3. The molecule has 1 atom stereocenters. The maximum absolute atomic E-state index is 14.1. The number of halogens is 3. The molecule has 6 nitrogen and oxygen atoms in total. The van der Waals surface area contributed by atoms with E-state index >= 15 is 0 Å². The van der Waals surface area contributed by atoms with Crippen molar-refractivity contribution in [2.24, 2.45) is 0 Å². The number of carbonyl (C=O) groups is 2. The van der Waals surface area contributed by atoms with E-state index in [0.717, 1.165) is 17.0 Å². The maximum atomic E-state index is 14.1. The van der Waals surface area contributed by atoms with Crippen molar-refractivity contribution in [2.75, 3.05) is 11.5 Å². The van der Waals surface area contributed by atoms with Crippen LogP contribution in [0.15, 0.2) is 82.5 Å². The van der Waals surface area contributed by atoms with Crippen LogP contribution in [-0.4, -0.2) is 23.4 Å². The number of amides is 1. The molecule has 0 spiro atoms. The molecule has 4 aromatic rings. The summed E-state index contributed by atoms with van der Waals surface area (Å²) in [5.74, 6) is -4.47. The van der Waals surface area contributed by atoms with Gasteiger partial charge in [-0.15, -0.1) is 0 Å². The Bertz CT molecular complexity index is 1560. The Morgan fingerprint density at radius 1 is 1.08 bits per heavy atom. The van der Waals surface area contributed by atoms with Crippen molar-refractivity contribution in [3.05, 3.63) is 106 Å². The minimum atomic E-state index is -1.18. The number of fused-ring (bicyclic) bond motifs is 1. The van der Waals surface area contributed by atoms with Gasteiger partial charge >= 0.3 is 0 Å². The molecule has 0 saturated carbocycles. The highest BCUT2D eigenvalue weighted by Crippen LogP contribution is 2.43. The van der Waals surface area contributed by atoms with Crippen LogP contribution in [-0.2, 0) is 4.79 Å². The molecule has 5 rings (SSSR count). The Hall–Kier alpha value is -4.17. The zero-order valence-corrected chi connectivity index (χ0v) is 19.6. The van der Waals surface area contributed by atoms with E-state index in [9.17, 15) is 23.5 Å². The van der Waals surface area contributed by atoms with Crippen LogP contribution in [0.4, 0.5) is 14.5 Å². The molecule has 1 aromatic heterocycles. The van der Waals surface area contributed by atoms with Gasteiger partial charge in [0.05, 0.1) is 18.2 Å². The Kier molecular flexibility index (Phi) is 5.97. The third-order valence-corrected chi connectivity index (χ3v) is 6.06. The molecule has 9 heteroatoms. The fourth-order valence-corrected chi connectivity index (χ4v) is 4.43. The number of hydrogen-bond donors (Lipinski definition) is 1. The van der Waals surface area contributed by atoms with Gasteiger partial charge in [0.1, 0.15) is 11.3 Å². The van der Waals surface area contributed by atoms with E-state index in [0.29, 0.717) is 33.9 Å². The summed E-state index contributed by atoms with van der Waals surface area (Å²) in [5, 5.41) is 11.9. The maximum Gasteiger partial charge on any atom is 0.294 e. The fourth-order valence-electron chi connectivity index (χ4n) is 4.25. The molecule has 2 heterocycles. The Labute approximate surface area is 209 Å². The molecule has 182 valence electrons. The lowest BCUT2D eigenvalue weighted by molar-refractivity contribution is -0.117. The number of carbonyl (C=O) groups excluding carboxylic acids is 2. The van der Waals surface area contributed by atoms with E-state index in [1.807, 2.05) is 0 Å². The standard InChI is InChI=1S/C27H18ClF2NO5/c1-2-35-18-5-3-4-14(11-18)24-23(25(32)22-12-15-10-16(28)6-9-21(15)36-22)26(33)27(34)31(24)17-7-8-19(29)20(30)13-17/h3-13,24,33H,2H2,1H3. The number of aliphatic hydroxyl groups is 1. The first-order valence-corrected chi connectivity index (χ1v) is 11.3. The van der Waals surface area contributed by atoms with Crippen LogP contribution in [0.2, 0.25) is 5.02 Å². The van der Waals surface area contributed by atoms with Gasteiger partial charge in [0.15, 0.2) is 23.2 Å². The highest BCUT2D eigenvalue weighted by atomic mass is 35.5. The van der Waals surface area contributed by atoms with E-state index in [2.05, 4.69) is 0 Å². The molecule has 0 saturated heterocycles. The van der Waals surface area contributed by atoms with Crippen LogP contribution in [0.3, 0.4) is 0 Å². The number of nitrogens with zero attached hydrogens (tertiary/aromatic N) is 1. The number of furan rings is 1. The van der Waals surface area contributed by atoms with Gasteiger partial charge in [0.2, 0.25) is 5.78 Å². The zero-order valence-electron chi connectivity index (χ0n) is 18.8. The monoisotopic (exact) mass is 509 g/mol. The summed E-state index contributed by atoms with van der Waals surface area (Å²) >= 11 is 6.03. The Morgan fingerprint density at radius 3 is 2.64 bits per heavy atom. The minimum absolute atomic E-state index is 0.0450. The van der Waals surface area contributed by atoms with Crippen LogP contribution in [0.5, 0.6) is 5.75 Å². The van der Waals surface area contributed by atoms with Gasteiger partial charge < -0.3 is 14.3 Å². The van der Waals surface area contributed by atoms with E-state index in [1.165, 1.54) is 12.1 Å². The molecule has 1 aliphatic rings. The molecule has 0 bridgehead atoms. The summed E-state index contributed by atoms with van der Waals surface area (Å²) in [5.41, 5.74) is 0.477. The third kappa shape index (κ3) is 3.99. The topological polar surface area (TPSA) is 80.0 Å². The number of hydrogen-bond acceptors (Lipinski definition) is 5. The summed E-state index contributed by atoms with van der Waals surface area (Å²) in [4.78, 5) is 27.9. The summed E-state index contributed by atoms with van der Waals surface area (Å²) in [6, 6.07) is 14.6. The molecule has 1 unspecified atom stereocenters. The molecule has 1 amide bonds. The fraction of sp³-hybridized carbons (Fsp3) is 0.111. The molecule has 0 radical (unpaired) electrons. The largest absolute Gasteiger partial charge is 0.503 e. The van der Waals surface area contributed by atoms with Gasteiger partial charge in [-0.2, -0.15) is 0 Å². The summed E-state index contributed by atoms with van der Waals surface area (Å²) in [6.07, 6.45) is 0. The van der Waals surface area contributed by atoms with E-state index in [-0.39, 0.29) is 17.0 Å². The molecule has 1 N–H and O–H groups in total. The highest BCUT2D eigenvalue weighted by molar-refractivity contribution is 6.31. The number of anilines is 1. The van der Waals surface area contributed by atoms with Gasteiger partial charge in [0.25, 0.3) is 5.91 Å². The van der Waals surface area contributed by atoms with Crippen molar-refractivity contribution in [1.29, 1.82) is 0 Å². The molecule has 1 aliphatic heterocycles. The Balaban J connectivity index is 1.67. The van der Waals surface area contributed by atoms with E-state index in [1.54, 1.807) is 49.4 Å². The van der Waals surface area contributed by atoms with E-state index in [4.69, 9.17) is 20.8 Å². The van der Waals surface area contributed by atoms with Crippen molar-refractivity contribution in [1.82, 2.24) is 0 Å². The van der Waals surface area contributed by atoms with Crippen molar-refractivity contribution >= 4 is 39.9 Å². The predicted molar refractivity (Wildman–Crippen MR) is 129 cm³/mol. The summed E-state index contributed by atoms with van der Waals surface area (Å²) in [7, 11) is 0. The second kappa shape index (κ2) is 9.13. The van der Waals surface area contributed by atoms with Crippen LogP contribution in [0.25, 0.3) is 11.0 Å². The van der Waals surface area contributed by atoms with Crippen molar-refractivity contribution in [3.8, 4) is 5.75 Å². The third-order valence-electron chi connectivity index (χ3n) is 5.82. The second-order valence-corrected chi connectivity index (χ2v) is 8.50. The quantitative estimate of drug-likeness (QED) is 0.298. The number of Topliss-reactive ketones (excluding diaryl/α,β-unsaturated/α-hetero) is 1. The number of ether oxygens (including phenoxy) is 1. The molecular formula is C27H18ClF2NO5. The molecule has 0 aliphatic carbocycles. The average Bonchev–Trinajstić information content (AvgIpc) is 3.39. The molecular weight excluding hydrogens is 492 g/mol. The second-order valence-electron chi connectivity index (χ2n) is 8.07. The van der Waals surface area contributed by atoms with Crippen LogP contribution in [0.1, 0.15) is 29.1 Å². The number of aliphatic hydroxyl groups excluding tert-OH is 1. The van der Waals surface area contributed by atoms with Crippen LogP contribution >= 0.6 is 11.6 Å². The minimum Gasteiger partial charge on any atom is -0.503 e. The lowest BCUT2D eigenvalue weighted by Crippen LogP contribution is -2.31. The highest BCUT2D eigenvalue weighted by Gasteiger charge is 2.45. The van der Waals surface area contributed by atoms with Gasteiger partial charge in [-0.05, 0) is 61.0 Å². The normalized spacial score (nSPS) is 15.7. The summed E-state index contributed by atoms with van der Waals surface area (Å²) in [6.45, 7) is 2.17. The first kappa shape index (κ1) is 23.6. The smallest absolute Gasteiger partial charge is 0.294 e. The first-order valence-electron chi connectivity index (χ1n) is 11.0. The SMILES string of the molecule is CCOc1cccc(C2C(C(=O)c3cc4cc(Cl)ccc4o3)=C(O)C(=O)N2c2ccc(F)c(F)c2)c1. The van der Waals surface area contributed by atoms with Crippen molar-refractivity contribution in [3.63, 3.8) is 0 Å². The van der Waals surface area contributed by atoms with E-state index < -0.39 is 35.1 Å². The number of benzene rings is 3. The molecule has 36 heavy (non-hydrogen) atoms. The zero-order chi connectivity index (χ0) is 25.6. The van der Waals surface area contributed by atoms with Gasteiger partial charge in [-0.3, -0.25) is 14.5 Å². The van der Waals surface area contributed by atoms with Gasteiger partial charge in [0, 0.05) is 22.2 Å². The number of ketones is 1. The summed E-state index contributed by atoms with van der Waals surface area (Å²) < 4.78 is 39.0. The predicted octanol–water partition coefficient (Wildman–Crippen LogP) is 6.55.